The van der Waals surface area contributed by atoms with Crippen molar-refractivity contribution in [1.29, 1.82) is 0 Å². The Labute approximate surface area is 201 Å². The molecule has 0 radical (unpaired) electrons. The van der Waals surface area contributed by atoms with E-state index in [9.17, 15) is 4.79 Å². The number of aromatic nitrogens is 2. The highest BCUT2D eigenvalue weighted by atomic mass is 35.5. The summed E-state index contributed by atoms with van der Waals surface area (Å²) in [5.74, 6) is 1.42. The fourth-order valence-electron chi connectivity index (χ4n) is 2.71. The van der Waals surface area contributed by atoms with E-state index in [4.69, 9.17) is 39.2 Å². The predicted molar refractivity (Wildman–Crippen MR) is 128 cm³/mol. The topological polar surface area (TPSA) is 68.0 Å². The van der Waals surface area contributed by atoms with Gasteiger partial charge in [0.15, 0.2) is 4.34 Å². The first-order valence-corrected chi connectivity index (χ1v) is 11.9. The summed E-state index contributed by atoms with van der Waals surface area (Å²) in [6.45, 7) is 1.73. The van der Waals surface area contributed by atoms with Gasteiger partial charge in [-0.1, -0.05) is 70.0 Å². The van der Waals surface area contributed by atoms with Crippen LogP contribution in [-0.4, -0.2) is 16.1 Å². The second-order valence-electron chi connectivity index (χ2n) is 6.45. The van der Waals surface area contributed by atoms with Crippen molar-refractivity contribution in [3.8, 4) is 11.3 Å². The number of hydrogen-bond acceptors (Lipinski definition) is 6. The van der Waals surface area contributed by atoms with Crippen LogP contribution in [0.2, 0.25) is 15.1 Å². The van der Waals surface area contributed by atoms with E-state index in [1.807, 2.05) is 24.3 Å². The third kappa shape index (κ3) is 5.42. The summed E-state index contributed by atoms with van der Waals surface area (Å²) >= 11 is 20.8. The third-order valence-electron chi connectivity index (χ3n) is 4.27. The van der Waals surface area contributed by atoms with E-state index in [0.717, 1.165) is 21.2 Å². The van der Waals surface area contributed by atoms with Crippen LogP contribution in [0.15, 0.2) is 57.3 Å². The number of carbonyl (C=O) groups excluding carboxylic acids is 1. The Hall–Kier alpha value is -2.03. The van der Waals surface area contributed by atoms with Crippen molar-refractivity contribution in [2.24, 2.45) is 0 Å². The highest BCUT2D eigenvalue weighted by Gasteiger charge is 2.18. The summed E-state index contributed by atoms with van der Waals surface area (Å²) in [7, 11) is 0. The van der Waals surface area contributed by atoms with Gasteiger partial charge in [-0.2, -0.15) is 0 Å². The van der Waals surface area contributed by atoms with Gasteiger partial charge in [-0.05, 0) is 48.9 Å². The first kappa shape index (κ1) is 22.2. The molecule has 5 nitrogen and oxygen atoms in total. The van der Waals surface area contributed by atoms with E-state index < -0.39 is 0 Å². The average molecular weight is 511 g/mol. The van der Waals surface area contributed by atoms with Gasteiger partial charge >= 0.3 is 0 Å². The van der Waals surface area contributed by atoms with Crippen molar-refractivity contribution < 1.29 is 9.21 Å². The maximum atomic E-state index is 12.7. The number of nitrogens with one attached hydrogen (secondary N) is 1. The standard InChI is InChI=1S/C21H14Cl3N3O2S2/c1-11-15(9-18(29-11)13-4-7-16(23)17(24)8-13)19(28)25-20-26-27-21(31-20)30-10-12-2-5-14(22)6-3-12/h2-9H,10H2,1H3,(H,25,26,28). The summed E-state index contributed by atoms with van der Waals surface area (Å²) in [6.07, 6.45) is 0. The molecule has 0 saturated heterocycles. The van der Waals surface area contributed by atoms with Crippen molar-refractivity contribution in [1.82, 2.24) is 10.2 Å². The SMILES string of the molecule is Cc1oc(-c2ccc(Cl)c(Cl)c2)cc1C(=O)Nc1nnc(SCc2ccc(Cl)cc2)s1. The lowest BCUT2D eigenvalue weighted by Crippen LogP contribution is -2.11. The molecule has 0 aliphatic carbocycles. The molecular formula is C21H14Cl3N3O2S2. The minimum absolute atomic E-state index is 0.321. The van der Waals surface area contributed by atoms with Crippen molar-refractivity contribution in [2.75, 3.05) is 5.32 Å². The summed E-state index contributed by atoms with van der Waals surface area (Å²) in [5.41, 5.74) is 2.26. The number of anilines is 1. The molecule has 2 heterocycles. The molecule has 31 heavy (non-hydrogen) atoms. The van der Waals surface area contributed by atoms with E-state index in [-0.39, 0.29) is 5.91 Å². The largest absolute Gasteiger partial charge is 0.461 e. The van der Waals surface area contributed by atoms with Gasteiger partial charge in [0.2, 0.25) is 5.13 Å². The molecule has 0 aliphatic heterocycles. The highest BCUT2D eigenvalue weighted by Crippen LogP contribution is 2.32. The van der Waals surface area contributed by atoms with Crippen LogP contribution in [0.4, 0.5) is 5.13 Å². The van der Waals surface area contributed by atoms with Gasteiger partial charge in [-0.15, -0.1) is 10.2 Å². The second-order valence-corrected chi connectivity index (χ2v) is 9.90. The number of benzene rings is 2. The number of halogens is 3. The zero-order valence-corrected chi connectivity index (χ0v) is 19.9. The molecule has 4 aromatic rings. The van der Waals surface area contributed by atoms with Gasteiger partial charge < -0.3 is 4.42 Å². The van der Waals surface area contributed by atoms with Gasteiger partial charge in [-0.25, -0.2) is 0 Å². The summed E-state index contributed by atoms with van der Waals surface area (Å²) in [6, 6.07) is 14.5. The normalized spacial score (nSPS) is 11.0. The van der Waals surface area contributed by atoms with Crippen LogP contribution in [0.3, 0.4) is 0 Å². The second kappa shape index (κ2) is 9.63. The molecule has 0 aliphatic rings. The molecule has 2 aromatic heterocycles. The molecule has 158 valence electrons. The number of aryl methyl sites for hydroxylation is 1. The number of furan rings is 1. The maximum Gasteiger partial charge on any atom is 0.261 e. The number of amides is 1. The number of hydrogen-bond donors (Lipinski definition) is 1. The van der Waals surface area contributed by atoms with Crippen molar-refractivity contribution >= 4 is 68.9 Å². The number of carbonyl (C=O) groups is 1. The van der Waals surface area contributed by atoms with Gasteiger partial charge in [0.05, 0.1) is 15.6 Å². The summed E-state index contributed by atoms with van der Waals surface area (Å²) in [4.78, 5) is 12.7. The summed E-state index contributed by atoms with van der Waals surface area (Å²) < 4.78 is 6.50. The van der Waals surface area contributed by atoms with Crippen LogP contribution >= 0.6 is 57.9 Å². The molecule has 10 heteroatoms. The molecule has 1 amide bonds. The molecule has 2 aromatic carbocycles. The average Bonchev–Trinajstić information content (AvgIpc) is 3.36. The fraction of sp³-hybridized carbons (Fsp3) is 0.0952. The molecular weight excluding hydrogens is 497 g/mol. The van der Waals surface area contributed by atoms with Crippen molar-refractivity contribution in [3.05, 3.63) is 80.5 Å². The number of thioether (sulfide) groups is 1. The number of nitrogens with zero attached hydrogens (tertiary/aromatic N) is 2. The quantitative estimate of drug-likeness (QED) is 0.213. The van der Waals surface area contributed by atoms with E-state index in [1.165, 1.54) is 23.1 Å². The molecule has 0 saturated carbocycles. The Morgan fingerprint density at radius 1 is 1.06 bits per heavy atom. The molecule has 4 rings (SSSR count). The maximum absolute atomic E-state index is 12.7. The van der Waals surface area contributed by atoms with E-state index >= 15 is 0 Å². The van der Waals surface area contributed by atoms with Gasteiger partial charge in [0.1, 0.15) is 11.5 Å². The van der Waals surface area contributed by atoms with Crippen LogP contribution in [-0.2, 0) is 5.75 Å². The molecule has 0 spiro atoms. The summed E-state index contributed by atoms with van der Waals surface area (Å²) in [5, 5.41) is 12.9. The lowest BCUT2D eigenvalue weighted by atomic mass is 10.1. The zero-order valence-electron chi connectivity index (χ0n) is 16.0. The first-order chi connectivity index (χ1) is 14.9. The zero-order chi connectivity index (χ0) is 22.0. The van der Waals surface area contributed by atoms with Crippen molar-refractivity contribution in [2.45, 2.75) is 17.0 Å². The highest BCUT2D eigenvalue weighted by molar-refractivity contribution is 8.00. The van der Waals surface area contributed by atoms with Crippen LogP contribution in [0.25, 0.3) is 11.3 Å². The van der Waals surface area contributed by atoms with E-state index in [1.54, 1.807) is 31.2 Å². The Bertz CT molecular complexity index is 1240. The molecule has 0 bridgehead atoms. The first-order valence-electron chi connectivity index (χ1n) is 8.97. The minimum Gasteiger partial charge on any atom is -0.461 e. The smallest absolute Gasteiger partial charge is 0.261 e. The minimum atomic E-state index is -0.321. The molecule has 1 N–H and O–H groups in total. The predicted octanol–water partition coefficient (Wildman–Crippen LogP) is 7.61. The van der Waals surface area contributed by atoms with Crippen LogP contribution in [0.5, 0.6) is 0 Å². The molecule has 0 fully saturated rings. The van der Waals surface area contributed by atoms with Gasteiger partial charge in [0.25, 0.3) is 5.91 Å². The van der Waals surface area contributed by atoms with Crippen LogP contribution in [0.1, 0.15) is 21.7 Å². The third-order valence-corrected chi connectivity index (χ3v) is 7.30. The monoisotopic (exact) mass is 509 g/mol. The molecule has 0 unspecified atom stereocenters. The molecule has 0 atom stereocenters. The van der Waals surface area contributed by atoms with Gasteiger partial charge in [-0.3, -0.25) is 10.1 Å². The van der Waals surface area contributed by atoms with Crippen molar-refractivity contribution in [3.63, 3.8) is 0 Å². The Kier molecular flexibility index (Phi) is 6.89. The van der Waals surface area contributed by atoms with Gasteiger partial charge in [0, 0.05) is 16.3 Å². The van der Waals surface area contributed by atoms with Crippen LogP contribution in [0, 0.1) is 6.92 Å². The van der Waals surface area contributed by atoms with E-state index in [0.29, 0.717) is 37.3 Å². The fourth-order valence-corrected chi connectivity index (χ4v) is 4.83. The Balaban J connectivity index is 1.42. The lowest BCUT2D eigenvalue weighted by Gasteiger charge is -1.99. The van der Waals surface area contributed by atoms with E-state index in [2.05, 4.69) is 15.5 Å². The number of rotatable bonds is 6. The van der Waals surface area contributed by atoms with Crippen LogP contribution < -0.4 is 5.32 Å². The Morgan fingerprint density at radius 3 is 2.58 bits per heavy atom. The lowest BCUT2D eigenvalue weighted by molar-refractivity contribution is 0.102. The Morgan fingerprint density at radius 2 is 1.84 bits per heavy atom.